The number of carbonyl (C=O) groups excluding carboxylic acids is 1. The van der Waals surface area contributed by atoms with Gasteiger partial charge in [0.1, 0.15) is 11.6 Å². The van der Waals surface area contributed by atoms with Gasteiger partial charge in [0.25, 0.3) is 15.9 Å². The minimum Gasteiger partial charge on any atom is -0.484 e. The summed E-state index contributed by atoms with van der Waals surface area (Å²) < 4.78 is 42.6. The number of benzene rings is 2. The average molecular weight is 364 g/mol. The highest BCUT2D eigenvalue weighted by Crippen LogP contribution is 2.24. The van der Waals surface area contributed by atoms with Crippen LogP contribution in [-0.4, -0.2) is 20.9 Å². The normalized spacial score (nSPS) is 13.3. The van der Waals surface area contributed by atoms with Gasteiger partial charge in [0.15, 0.2) is 6.61 Å². The number of halogens is 1. The molecule has 0 bridgehead atoms. The fourth-order valence-corrected chi connectivity index (χ4v) is 3.55. The number of rotatable bonds is 6. The van der Waals surface area contributed by atoms with Crippen molar-refractivity contribution in [2.45, 2.75) is 24.2 Å². The van der Waals surface area contributed by atoms with E-state index in [1.807, 2.05) is 4.83 Å². The first-order valence-electron chi connectivity index (χ1n) is 7.75. The topological polar surface area (TPSA) is 84.5 Å². The standard InChI is InChI=1S/C17H17FN2O4S/c18-14-5-2-6-15(10-14)24-11-17(21)19-20-25(22,23)16-8-7-12-3-1-4-13(12)9-16/h2,5-10,20H,1,3-4,11H2,(H,19,21). The van der Waals surface area contributed by atoms with Gasteiger partial charge in [0.2, 0.25) is 0 Å². The van der Waals surface area contributed by atoms with Gasteiger partial charge in [-0.15, -0.1) is 4.83 Å². The summed E-state index contributed by atoms with van der Waals surface area (Å²) in [4.78, 5) is 13.8. The molecule has 0 unspecified atom stereocenters. The van der Waals surface area contributed by atoms with E-state index in [0.29, 0.717) is 0 Å². The number of hydrogen-bond acceptors (Lipinski definition) is 4. The third-order valence-electron chi connectivity index (χ3n) is 3.87. The highest BCUT2D eigenvalue weighted by atomic mass is 32.2. The minimum atomic E-state index is -3.86. The first kappa shape index (κ1) is 17.4. The van der Waals surface area contributed by atoms with E-state index in [2.05, 4.69) is 5.43 Å². The Balaban J connectivity index is 1.55. The van der Waals surface area contributed by atoms with E-state index in [9.17, 15) is 17.6 Å². The summed E-state index contributed by atoms with van der Waals surface area (Å²) in [5.74, 6) is -1.01. The number of ether oxygens (including phenoxy) is 1. The largest absolute Gasteiger partial charge is 0.484 e. The van der Waals surface area contributed by atoms with Gasteiger partial charge in [-0.2, -0.15) is 0 Å². The average Bonchev–Trinajstić information content (AvgIpc) is 3.06. The quantitative estimate of drug-likeness (QED) is 0.764. The first-order chi connectivity index (χ1) is 11.9. The molecule has 0 aromatic heterocycles. The number of amides is 1. The molecule has 2 N–H and O–H groups in total. The van der Waals surface area contributed by atoms with E-state index < -0.39 is 28.4 Å². The van der Waals surface area contributed by atoms with E-state index in [-0.39, 0.29) is 10.6 Å². The molecule has 3 rings (SSSR count). The van der Waals surface area contributed by atoms with Gasteiger partial charge in [-0.1, -0.05) is 12.1 Å². The van der Waals surface area contributed by atoms with E-state index in [4.69, 9.17) is 4.74 Å². The van der Waals surface area contributed by atoms with E-state index in [0.717, 1.165) is 36.5 Å². The van der Waals surface area contributed by atoms with Gasteiger partial charge >= 0.3 is 0 Å². The van der Waals surface area contributed by atoms with Crippen LogP contribution < -0.4 is 15.0 Å². The van der Waals surface area contributed by atoms with E-state index >= 15 is 0 Å². The minimum absolute atomic E-state index is 0.0968. The van der Waals surface area contributed by atoms with Crippen molar-refractivity contribution in [2.75, 3.05) is 6.61 Å². The number of carbonyl (C=O) groups is 1. The van der Waals surface area contributed by atoms with Crippen molar-refractivity contribution >= 4 is 15.9 Å². The lowest BCUT2D eigenvalue weighted by Crippen LogP contribution is -2.43. The summed E-state index contributed by atoms with van der Waals surface area (Å²) in [6, 6.07) is 10.2. The molecular weight excluding hydrogens is 347 g/mol. The SMILES string of the molecule is O=C(COc1cccc(F)c1)NNS(=O)(=O)c1ccc2c(c1)CCC2. The summed E-state index contributed by atoms with van der Waals surface area (Å²) in [5.41, 5.74) is 4.25. The highest BCUT2D eigenvalue weighted by Gasteiger charge is 2.19. The molecule has 8 heteroatoms. The molecule has 1 aliphatic carbocycles. The molecule has 0 aliphatic heterocycles. The van der Waals surface area contributed by atoms with Gasteiger partial charge in [0.05, 0.1) is 4.90 Å². The van der Waals surface area contributed by atoms with Crippen molar-refractivity contribution in [3.63, 3.8) is 0 Å². The number of hydrazine groups is 1. The Morgan fingerprint density at radius 1 is 1.12 bits per heavy atom. The van der Waals surface area contributed by atoms with Crippen molar-refractivity contribution in [3.8, 4) is 5.75 Å². The van der Waals surface area contributed by atoms with Crippen molar-refractivity contribution in [1.82, 2.24) is 10.3 Å². The molecular formula is C17H17FN2O4S. The Hall–Kier alpha value is -2.45. The second-order valence-electron chi connectivity index (χ2n) is 5.68. The molecule has 25 heavy (non-hydrogen) atoms. The zero-order valence-electron chi connectivity index (χ0n) is 13.3. The zero-order valence-corrected chi connectivity index (χ0v) is 14.1. The predicted molar refractivity (Wildman–Crippen MR) is 88.8 cm³/mol. The summed E-state index contributed by atoms with van der Waals surface area (Å²) >= 11 is 0. The monoisotopic (exact) mass is 364 g/mol. The van der Waals surface area contributed by atoms with Crippen molar-refractivity contribution in [2.24, 2.45) is 0 Å². The van der Waals surface area contributed by atoms with Crippen molar-refractivity contribution in [3.05, 3.63) is 59.4 Å². The van der Waals surface area contributed by atoms with E-state index in [1.54, 1.807) is 12.1 Å². The molecule has 132 valence electrons. The molecule has 0 atom stereocenters. The Morgan fingerprint density at radius 2 is 1.92 bits per heavy atom. The smallest absolute Gasteiger partial charge is 0.272 e. The number of hydrogen-bond donors (Lipinski definition) is 2. The Labute approximate surface area is 145 Å². The maximum Gasteiger partial charge on any atom is 0.272 e. The van der Waals surface area contributed by atoms with Gasteiger partial charge in [0, 0.05) is 6.07 Å². The summed E-state index contributed by atoms with van der Waals surface area (Å²) in [5, 5.41) is 0. The third-order valence-corrected chi connectivity index (χ3v) is 5.12. The van der Waals surface area contributed by atoms with Gasteiger partial charge < -0.3 is 4.74 Å². The van der Waals surface area contributed by atoms with Crippen LogP contribution in [0.25, 0.3) is 0 Å². The molecule has 2 aromatic carbocycles. The summed E-state index contributed by atoms with van der Waals surface area (Å²) in [7, 11) is -3.86. The number of aryl methyl sites for hydroxylation is 2. The molecule has 1 aliphatic rings. The van der Waals surface area contributed by atoms with Crippen LogP contribution >= 0.6 is 0 Å². The van der Waals surface area contributed by atoms with Crippen LogP contribution in [-0.2, 0) is 27.7 Å². The Morgan fingerprint density at radius 3 is 2.72 bits per heavy atom. The summed E-state index contributed by atoms with van der Waals surface area (Å²) in [6.45, 7) is -0.448. The van der Waals surface area contributed by atoms with Crippen LogP contribution in [0.5, 0.6) is 5.75 Å². The molecule has 0 saturated heterocycles. The maximum atomic E-state index is 13.0. The third kappa shape index (κ3) is 4.34. The predicted octanol–water partition coefficient (Wildman–Crippen LogP) is 1.70. The molecule has 1 amide bonds. The molecule has 0 radical (unpaired) electrons. The highest BCUT2D eigenvalue weighted by molar-refractivity contribution is 7.89. The molecule has 0 spiro atoms. The van der Waals surface area contributed by atoms with Crippen LogP contribution in [0.15, 0.2) is 47.4 Å². The first-order valence-corrected chi connectivity index (χ1v) is 9.23. The van der Waals surface area contributed by atoms with Crippen LogP contribution in [0.1, 0.15) is 17.5 Å². The zero-order chi connectivity index (χ0) is 17.9. The second-order valence-corrected chi connectivity index (χ2v) is 7.37. The molecule has 2 aromatic rings. The van der Waals surface area contributed by atoms with Crippen LogP contribution in [0.4, 0.5) is 4.39 Å². The van der Waals surface area contributed by atoms with Crippen LogP contribution in [0.2, 0.25) is 0 Å². The van der Waals surface area contributed by atoms with Crippen LogP contribution in [0.3, 0.4) is 0 Å². The molecule has 0 fully saturated rings. The number of sulfonamides is 1. The lowest BCUT2D eigenvalue weighted by molar-refractivity contribution is -0.123. The molecule has 0 saturated carbocycles. The fourth-order valence-electron chi connectivity index (χ4n) is 2.64. The lowest BCUT2D eigenvalue weighted by atomic mass is 10.1. The molecule has 0 heterocycles. The maximum absolute atomic E-state index is 13.0. The van der Waals surface area contributed by atoms with Crippen LogP contribution in [0, 0.1) is 5.82 Å². The van der Waals surface area contributed by atoms with Gasteiger partial charge in [-0.25, -0.2) is 12.8 Å². The number of fused-ring (bicyclic) bond motifs is 1. The lowest BCUT2D eigenvalue weighted by Gasteiger charge is -2.10. The Bertz CT molecular complexity index is 899. The Kier molecular flexibility index (Phi) is 5.00. The van der Waals surface area contributed by atoms with Gasteiger partial charge in [-0.3, -0.25) is 10.2 Å². The number of nitrogens with one attached hydrogen (secondary N) is 2. The van der Waals surface area contributed by atoms with Crippen molar-refractivity contribution in [1.29, 1.82) is 0 Å². The second kappa shape index (κ2) is 7.20. The molecule has 6 nitrogen and oxygen atoms in total. The van der Waals surface area contributed by atoms with Gasteiger partial charge in [-0.05, 0) is 54.7 Å². The van der Waals surface area contributed by atoms with E-state index in [1.165, 1.54) is 24.3 Å². The summed E-state index contributed by atoms with van der Waals surface area (Å²) in [6.07, 6.45) is 2.82. The van der Waals surface area contributed by atoms with Crippen molar-refractivity contribution < 1.29 is 22.3 Å². The fraction of sp³-hybridized carbons (Fsp3) is 0.235.